The van der Waals surface area contributed by atoms with Gasteiger partial charge >= 0.3 is 0 Å². The van der Waals surface area contributed by atoms with Crippen molar-refractivity contribution in [2.45, 2.75) is 44.6 Å². The number of hydrogen-bond donors (Lipinski definition) is 2. The molecule has 2 aliphatic heterocycles. The van der Waals surface area contributed by atoms with Crippen molar-refractivity contribution in [2.75, 3.05) is 14.2 Å². The maximum Gasteiger partial charge on any atom is 0.203 e. The molecule has 2 aromatic rings. The third kappa shape index (κ3) is 4.05. The van der Waals surface area contributed by atoms with Crippen molar-refractivity contribution in [1.29, 1.82) is 0 Å². The van der Waals surface area contributed by atoms with Crippen LogP contribution in [0, 0.1) is 0 Å². The van der Waals surface area contributed by atoms with E-state index in [1.807, 2.05) is 30.3 Å². The molecule has 0 aliphatic carbocycles. The van der Waals surface area contributed by atoms with Crippen molar-refractivity contribution in [3.63, 3.8) is 0 Å². The quantitative estimate of drug-likeness (QED) is 0.841. The van der Waals surface area contributed by atoms with E-state index in [0.717, 1.165) is 43.2 Å². The molecular weight excluding hydrogens is 332 g/mol. The minimum atomic E-state index is -0.323. The lowest BCUT2D eigenvalue weighted by Gasteiger charge is -2.16. The molecule has 0 amide bonds. The van der Waals surface area contributed by atoms with Crippen LogP contribution in [0.3, 0.4) is 0 Å². The van der Waals surface area contributed by atoms with Gasteiger partial charge in [0, 0.05) is 0 Å². The highest BCUT2D eigenvalue weighted by molar-refractivity contribution is 5.57. The first kappa shape index (κ1) is 18.4. The predicted molar refractivity (Wildman–Crippen MR) is 99.6 cm³/mol. The van der Waals surface area contributed by atoms with Gasteiger partial charge in [0.2, 0.25) is 5.75 Å². The summed E-state index contributed by atoms with van der Waals surface area (Å²) in [6.07, 6.45) is 4.45. The van der Waals surface area contributed by atoms with Gasteiger partial charge in [-0.1, -0.05) is 18.6 Å². The molecule has 140 valence electrons. The fraction of sp³-hybridized carbons (Fsp3) is 0.429. The minimum absolute atomic E-state index is 0.107. The molecule has 0 fully saturated rings. The maximum atomic E-state index is 10.6. The molecule has 0 radical (unpaired) electrons. The van der Waals surface area contributed by atoms with Gasteiger partial charge < -0.3 is 24.4 Å². The number of aliphatic hydroxyl groups is 1. The summed E-state index contributed by atoms with van der Waals surface area (Å²) in [5, 5.41) is 20.8. The van der Waals surface area contributed by atoms with Crippen molar-refractivity contribution in [3.05, 3.63) is 41.5 Å². The number of methoxy groups -OCH3 is 2. The smallest absolute Gasteiger partial charge is 0.203 e. The van der Waals surface area contributed by atoms with Gasteiger partial charge in [-0.05, 0) is 61.4 Å². The molecule has 4 rings (SSSR count). The van der Waals surface area contributed by atoms with Crippen LogP contribution < -0.4 is 14.2 Å². The Bertz CT molecular complexity index is 756. The van der Waals surface area contributed by atoms with E-state index < -0.39 is 0 Å². The summed E-state index contributed by atoms with van der Waals surface area (Å²) in [6.45, 7) is 0. The fourth-order valence-electron chi connectivity index (χ4n) is 3.32. The monoisotopic (exact) mass is 358 g/mol. The number of aryl methyl sites for hydroxylation is 2. The number of rotatable bonds is 2. The second kappa shape index (κ2) is 8.32. The summed E-state index contributed by atoms with van der Waals surface area (Å²) in [4.78, 5) is 0. The molecule has 5 heteroatoms. The number of aromatic hydroxyl groups is 1. The van der Waals surface area contributed by atoms with E-state index in [9.17, 15) is 10.2 Å². The zero-order chi connectivity index (χ0) is 18.5. The highest BCUT2D eigenvalue weighted by atomic mass is 16.5. The predicted octanol–water partition coefficient (Wildman–Crippen LogP) is 4.22. The summed E-state index contributed by atoms with van der Waals surface area (Å²) >= 11 is 0. The maximum absolute atomic E-state index is 10.6. The minimum Gasteiger partial charge on any atom is -0.504 e. The Labute approximate surface area is 154 Å². The molecule has 0 spiro atoms. The number of phenols is 1. The van der Waals surface area contributed by atoms with Gasteiger partial charge in [-0.25, -0.2) is 0 Å². The number of benzene rings is 2. The van der Waals surface area contributed by atoms with Crippen LogP contribution in [-0.2, 0) is 12.8 Å². The molecule has 2 aliphatic rings. The van der Waals surface area contributed by atoms with Crippen molar-refractivity contribution in [2.24, 2.45) is 0 Å². The largest absolute Gasteiger partial charge is 0.504 e. The normalized spacial score (nSPS) is 17.7. The van der Waals surface area contributed by atoms with Gasteiger partial charge in [0.05, 0.1) is 20.3 Å². The number of hydrogen-bond acceptors (Lipinski definition) is 5. The van der Waals surface area contributed by atoms with Gasteiger partial charge in [-0.3, -0.25) is 0 Å². The summed E-state index contributed by atoms with van der Waals surface area (Å²) in [5.74, 6) is 2.03. The molecule has 1 atom stereocenters. The van der Waals surface area contributed by atoms with Gasteiger partial charge in [-0.15, -0.1) is 0 Å². The van der Waals surface area contributed by atoms with Gasteiger partial charge in [-0.2, -0.15) is 0 Å². The Kier molecular flexibility index (Phi) is 5.89. The van der Waals surface area contributed by atoms with Gasteiger partial charge in [0.25, 0.3) is 0 Å². The standard InChI is InChI=1S/C21H26O5/c1-24-17-11-8-14-7-10-16(22)6-4-3-5-15-9-12-18(26-19(17)13-14)21(25-2)20(15)23/h8-9,11-13,16,22-23H,3-7,10H2,1-2H3/t16-/m1/s1. The Hall–Kier alpha value is -2.40. The highest BCUT2D eigenvalue weighted by Gasteiger charge is 2.18. The van der Waals surface area contributed by atoms with Crippen molar-refractivity contribution in [3.8, 4) is 28.7 Å². The van der Waals surface area contributed by atoms with E-state index in [-0.39, 0.29) is 11.9 Å². The summed E-state index contributed by atoms with van der Waals surface area (Å²) < 4.78 is 16.8. The van der Waals surface area contributed by atoms with Crippen LogP contribution in [0.25, 0.3) is 0 Å². The van der Waals surface area contributed by atoms with Gasteiger partial charge in [0.15, 0.2) is 23.0 Å². The first-order valence-electron chi connectivity index (χ1n) is 9.04. The molecule has 2 N–H and O–H groups in total. The Morgan fingerprint density at radius 3 is 2.58 bits per heavy atom. The zero-order valence-electron chi connectivity index (χ0n) is 15.3. The summed E-state index contributed by atoms with van der Waals surface area (Å²) in [6, 6.07) is 9.42. The molecule has 0 saturated carbocycles. The molecular formula is C21H26O5. The van der Waals surface area contributed by atoms with E-state index in [1.165, 1.54) is 7.11 Å². The van der Waals surface area contributed by atoms with Crippen LogP contribution in [-0.4, -0.2) is 30.5 Å². The van der Waals surface area contributed by atoms with Crippen LogP contribution in [0.4, 0.5) is 0 Å². The van der Waals surface area contributed by atoms with Gasteiger partial charge in [0.1, 0.15) is 0 Å². The van der Waals surface area contributed by atoms with Crippen molar-refractivity contribution >= 4 is 0 Å². The first-order chi connectivity index (χ1) is 12.6. The van der Waals surface area contributed by atoms with E-state index in [2.05, 4.69) is 0 Å². The second-order valence-electron chi connectivity index (χ2n) is 6.63. The fourth-order valence-corrected chi connectivity index (χ4v) is 3.32. The third-order valence-corrected chi connectivity index (χ3v) is 4.83. The first-order valence-corrected chi connectivity index (χ1v) is 9.04. The molecule has 2 heterocycles. The lowest BCUT2D eigenvalue weighted by atomic mass is 10.0. The molecule has 2 aromatic carbocycles. The van der Waals surface area contributed by atoms with E-state index in [1.54, 1.807) is 7.11 Å². The molecule has 4 bridgehead atoms. The van der Waals surface area contributed by atoms with Crippen LogP contribution >= 0.6 is 0 Å². The number of ether oxygens (including phenoxy) is 3. The van der Waals surface area contributed by atoms with Crippen LogP contribution in [0.15, 0.2) is 30.3 Å². The Morgan fingerprint density at radius 2 is 1.81 bits per heavy atom. The average molecular weight is 358 g/mol. The average Bonchev–Trinajstić information content (AvgIpc) is 2.65. The Balaban J connectivity index is 2.03. The lowest BCUT2D eigenvalue weighted by molar-refractivity contribution is 0.151. The topological polar surface area (TPSA) is 68.2 Å². The molecule has 0 aromatic heterocycles. The summed E-state index contributed by atoms with van der Waals surface area (Å²) in [5.41, 5.74) is 1.88. The number of fused-ring (bicyclic) bond motifs is 8. The summed E-state index contributed by atoms with van der Waals surface area (Å²) in [7, 11) is 3.11. The van der Waals surface area contributed by atoms with Crippen LogP contribution in [0.1, 0.15) is 36.8 Å². The van der Waals surface area contributed by atoms with E-state index in [0.29, 0.717) is 29.4 Å². The highest BCUT2D eigenvalue weighted by Crippen LogP contribution is 2.43. The van der Waals surface area contributed by atoms with Crippen molar-refractivity contribution in [1.82, 2.24) is 0 Å². The Morgan fingerprint density at radius 1 is 0.962 bits per heavy atom. The van der Waals surface area contributed by atoms with E-state index in [4.69, 9.17) is 14.2 Å². The lowest BCUT2D eigenvalue weighted by Crippen LogP contribution is -2.08. The van der Waals surface area contributed by atoms with Crippen molar-refractivity contribution < 1.29 is 24.4 Å². The SMILES string of the molecule is COc1ccc2cc1Oc1ccc(c(O)c1OC)CCCC[C@@H](O)CC2. The zero-order valence-corrected chi connectivity index (χ0v) is 15.3. The molecule has 0 saturated heterocycles. The molecule has 0 unspecified atom stereocenters. The van der Waals surface area contributed by atoms with E-state index >= 15 is 0 Å². The number of aliphatic hydroxyl groups excluding tert-OH is 1. The number of phenolic OH excluding ortho intramolecular Hbond substituents is 1. The molecule has 26 heavy (non-hydrogen) atoms. The molecule has 5 nitrogen and oxygen atoms in total. The van der Waals surface area contributed by atoms with Crippen LogP contribution in [0.5, 0.6) is 28.7 Å². The third-order valence-electron chi connectivity index (χ3n) is 4.83. The van der Waals surface area contributed by atoms with Crippen LogP contribution in [0.2, 0.25) is 0 Å². The second-order valence-corrected chi connectivity index (χ2v) is 6.63.